The molecule has 5 aliphatic rings. The van der Waals surface area contributed by atoms with Crippen LogP contribution in [0.5, 0.6) is 5.75 Å². The summed E-state index contributed by atoms with van der Waals surface area (Å²) < 4.78 is 7.89. The molecule has 5 fully saturated rings. The zero-order valence-electron chi connectivity index (χ0n) is 36.3. The Labute approximate surface area is 343 Å². The van der Waals surface area contributed by atoms with E-state index in [9.17, 15) is 9.59 Å². The molecule has 1 atom stereocenters. The lowest BCUT2D eigenvalue weighted by atomic mass is 9.49. The van der Waals surface area contributed by atoms with E-state index in [1.165, 1.54) is 76.3 Å². The van der Waals surface area contributed by atoms with Crippen LogP contribution in [0.15, 0.2) is 47.3 Å². The molecule has 0 unspecified atom stereocenters. The van der Waals surface area contributed by atoms with Gasteiger partial charge in [-0.2, -0.15) is 0 Å². The highest BCUT2D eigenvalue weighted by atomic mass is 16.5. The monoisotopic (exact) mass is 780 g/mol. The maximum atomic E-state index is 13.9. The van der Waals surface area contributed by atoms with E-state index in [2.05, 4.69) is 77.1 Å². The van der Waals surface area contributed by atoms with Gasteiger partial charge in [0, 0.05) is 48.0 Å². The Balaban J connectivity index is 0.970. The lowest BCUT2D eigenvalue weighted by molar-refractivity contribution is -0.0611. The van der Waals surface area contributed by atoms with Gasteiger partial charge in [0.25, 0.3) is 11.5 Å². The summed E-state index contributed by atoms with van der Waals surface area (Å²) in [5.74, 6) is 4.68. The van der Waals surface area contributed by atoms with Crippen molar-refractivity contribution >= 4 is 16.8 Å². The summed E-state index contributed by atoms with van der Waals surface area (Å²) in [6.07, 6.45) is 17.6. The second kappa shape index (κ2) is 18.3. The van der Waals surface area contributed by atoms with Gasteiger partial charge in [-0.25, -0.2) is 0 Å². The summed E-state index contributed by atoms with van der Waals surface area (Å²) in [7, 11) is 1.55. The number of methoxy groups -OCH3 is 1. The molecule has 1 aromatic carbocycles. The highest BCUT2D eigenvalue weighted by molar-refractivity contribution is 6.08. The molecular formula is C49H73N5O3. The zero-order valence-corrected chi connectivity index (χ0v) is 36.3. The van der Waals surface area contributed by atoms with Gasteiger partial charge >= 0.3 is 0 Å². The van der Waals surface area contributed by atoms with Crippen LogP contribution in [0.25, 0.3) is 10.9 Å². The van der Waals surface area contributed by atoms with Crippen molar-refractivity contribution in [1.29, 1.82) is 0 Å². The van der Waals surface area contributed by atoms with Crippen molar-refractivity contribution in [3.8, 4) is 5.75 Å². The number of ether oxygens (including phenoxy) is 1. The normalized spacial score (nSPS) is 24.2. The third-order valence-corrected chi connectivity index (χ3v) is 15.3. The number of carbonyl (C=O) groups is 1. The molecule has 4 aliphatic carbocycles. The minimum atomic E-state index is -0.241. The Bertz CT molecular complexity index is 1880. The number of carbonyl (C=O) groups excluding carboxylic acids is 1. The molecule has 8 rings (SSSR count). The number of benzene rings is 1. The van der Waals surface area contributed by atoms with Gasteiger partial charge in [-0.15, -0.1) is 0 Å². The molecule has 4 bridgehead atoms. The number of aromatic nitrogens is 2. The molecule has 4 saturated carbocycles. The second-order valence-corrected chi connectivity index (χ2v) is 19.2. The Morgan fingerprint density at radius 3 is 2.33 bits per heavy atom. The fourth-order valence-corrected chi connectivity index (χ4v) is 12.4. The second-order valence-electron chi connectivity index (χ2n) is 19.2. The minimum Gasteiger partial charge on any atom is -0.496 e. The first kappa shape index (κ1) is 41.8. The number of pyridine rings is 1. The zero-order chi connectivity index (χ0) is 40.3. The van der Waals surface area contributed by atoms with Crippen LogP contribution in [0.2, 0.25) is 0 Å². The average Bonchev–Trinajstić information content (AvgIpc) is 3.49. The molecule has 1 saturated heterocycles. The number of fused-ring (bicyclic) bond motifs is 1. The number of H-pyrrole nitrogens is 1. The van der Waals surface area contributed by atoms with Gasteiger partial charge in [0.2, 0.25) is 0 Å². The van der Waals surface area contributed by atoms with E-state index in [-0.39, 0.29) is 24.1 Å². The fourth-order valence-electron chi connectivity index (χ4n) is 12.4. The third kappa shape index (κ3) is 9.43. The first-order chi connectivity index (χ1) is 27.5. The van der Waals surface area contributed by atoms with E-state index in [0.29, 0.717) is 28.2 Å². The SMILES string of the molecule is C=C(CCN(CCN1CCC([C@@H](C)n2c(C)c(C(=O)NCc3c(OC)cc(C)[nH]c3=O)c3ccccc32)CC1)CCC12CC3CC(CC(C3)C1)C2)CC(CC)CC. The van der Waals surface area contributed by atoms with Crippen molar-refractivity contribution in [1.82, 2.24) is 24.7 Å². The molecular weight excluding hydrogens is 707 g/mol. The first-order valence-electron chi connectivity index (χ1n) is 22.8. The van der Waals surface area contributed by atoms with E-state index >= 15 is 0 Å². The number of amides is 1. The predicted molar refractivity (Wildman–Crippen MR) is 234 cm³/mol. The van der Waals surface area contributed by atoms with Crippen molar-refractivity contribution < 1.29 is 9.53 Å². The number of aryl methyl sites for hydroxylation is 1. The van der Waals surface area contributed by atoms with Gasteiger partial charge in [-0.05, 0) is 158 Å². The van der Waals surface area contributed by atoms with Crippen molar-refractivity contribution in [2.45, 2.75) is 131 Å². The molecule has 1 aliphatic heterocycles. The van der Waals surface area contributed by atoms with Crippen LogP contribution in [-0.2, 0) is 6.54 Å². The molecule has 8 heteroatoms. The van der Waals surface area contributed by atoms with Gasteiger partial charge in [0.1, 0.15) is 5.75 Å². The molecule has 57 heavy (non-hydrogen) atoms. The largest absolute Gasteiger partial charge is 0.496 e. The van der Waals surface area contributed by atoms with Crippen LogP contribution in [0.4, 0.5) is 0 Å². The van der Waals surface area contributed by atoms with E-state index in [1.807, 2.05) is 13.0 Å². The highest BCUT2D eigenvalue weighted by Gasteiger charge is 2.50. The number of hydrogen-bond acceptors (Lipinski definition) is 5. The lowest BCUT2D eigenvalue weighted by Gasteiger charge is -2.57. The number of nitrogens with one attached hydrogen (secondary N) is 2. The molecule has 3 heterocycles. The number of para-hydroxylation sites is 1. The summed E-state index contributed by atoms with van der Waals surface area (Å²) in [5, 5.41) is 4.00. The fraction of sp³-hybridized carbons (Fsp3) is 0.673. The van der Waals surface area contributed by atoms with Crippen molar-refractivity contribution in [3.05, 3.63) is 75.4 Å². The maximum Gasteiger partial charge on any atom is 0.256 e. The minimum absolute atomic E-state index is 0.0945. The average molecular weight is 780 g/mol. The summed E-state index contributed by atoms with van der Waals surface area (Å²) >= 11 is 0. The third-order valence-electron chi connectivity index (χ3n) is 15.3. The number of aromatic amines is 1. The molecule has 1 amide bonds. The molecule has 312 valence electrons. The molecule has 0 spiro atoms. The summed E-state index contributed by atoms with van der Waals surface area (Å²) in [4.78, 5) is 35.0. The molecule has 2 N–H and O–H groups in total. The Hall–Kier alpha value is -3.36. The van der Waals surface area contributed by atoms with Crippen molar-refractivity contribution in [2.24, 2.45) is 35.0 Å². The number of hydrogen-bond donors (Lipinski definition) is 2. The number of rotatable bonds is 19. The van der Waals surface area contributed by atoms with E-state index in [4.69, 9.17) is 4.74 Å². The molecule has 2 aromatic heterocycles. The topological polar surface area (TPSA) is 82.6 Å². The standard InChI is InChI=1S/C49H73N5O3/c1-8-37(9-2)24-33(3)14-18-53(21-17-49-29-38-26-39(30-49)28-40(27-38)31-49)23-22-52-19-15-41(16-20-52)35(5)54-36(6)46(42-12-10-11-13-44(42)54)48(56)50-32-43-45(57-7)25-34(4)51-47(43)55/h10-13,25,35,37-41H,3,8-9,14-24,26-32H2,1-2,4-7H3,(H,50,56)(H,51,55)/t35-,38?,39?,40?,49?/m1/s1. The molecule has 0 radical (unpaired) electrons. The van der Waals surface area contributed by atoms with E-state index < -0.39 is 0 Å². The van der Waals surface area contributed by atoms with E-state index in [1.54, 1.807) is 13.2 Å². The van der Waals surface area contributed by atoms with Crippen molar-refractivity contribution in [2.75, 3.05) is 46.4 Å². The van der Waals surface area contributed by atoms with Gasteiger partial charge in [0.05, 0.1) is 24.8 Å². The smallest absolute Gasteiger partial charge is 0.256 e. The quantitative estimate of drug-likeness (QED) is 0.119. The van der Waals surface area contributed by atoms with Crippen molar-refractivity contribution in [3.63, 3.8) is 0 Å². The Morgan fingerprint density at radius 2 is 1.68 bits per heavy atom. The van der Waals surface area contributed by atoms with Gasteiger partial charge in [-0.3, -0.25) is 9.59 Å². The van der Waals surface area contributed by atoms with Gasteiger partial charge in [-0.1, -0.05) is 57.0 Å². The number of nitrogens with zero attached hydrogens (tertiary/aromatic N) is 3. The lowest BCUT2D eigenvalue weighted by Crippen LogP contribution is -2.48. The van der Waals surface area contributed by atoms with Crippen LogP contribution >= 0.6 is 0 Å². The highest BCUT2D eigenvalue weighted by Crippen LogP contribution is 2.61. The van der Waals surface area contributed by atoms with Crippen LogP contribution < -0.4 is 15.6 Å². The summed E-state index contributed by atoms with van der Waals surface area (Å²) in [6.45, 7) is 22.5. The first-order valence-corrected chi connectivity index (χ1v) is 22.8. The molecule has 8 nitrogen and oxygen atoms in total. The summed E-state index contributed by atoms with van der Waals surface area (Å²) in [5.41, 5.74) is 5.75. The Morgan fingerprint density at radius 1 is 1.02 bits per heavy atom. The number of piperidine rings is 1. The van der Waals surface area contributed by atoms with Crippen LogP contribution in [-0.4, -0.2) is 71.6 Å². The van der Waals surface area contributed by atoms with Crippen LogP contribution in [0, 0.1) is 48.9 Å². The van der Waals surface area contributed by atoms with Crippen LogP contribution in [0.3, 0.4) is 0 Å². The number of likely N-dealkylation sites (tertiary alicyclic amines) is 1. The van der Waals surface area contributed by atoms with Crippen LogP contribution in [0.1, 0.15) is 138 Å². The van der Waals surface area contributed by atoms with Gasteiger partial charge in [0.15, 0.2) is 0 Å². The maximum absolute atomic E-state index is 13.9. The van der Waals surface area contributed by atoms with Gasteiger partial charge < -0.3 is 29.4 Å². The Kier molecular flexibility index (Phi) is 13.4. The molecule has 3 aromatic rings. The summed E-state index contributed by atoms with van der Waals surface area (Å²) in [6, 6.07) is 10.3. The van der Waals surface area contributed by atoms with E-state index in [0.717, 1.165) is 97.9 Å². The predicted octanol–water partition coefficient (Wildman–Crippen LogP) is 9.84.